The Hall–Kier alpha value is -4.79. The minimum absolute atomic E-state index is 1.20. The zero-order valence-corrected chi connectivity index (χ0v) is 35.4. The monoisotopic (exact) mass is 798 g/mol. The number of halogens is 2. The number of rotatable bonds is 11. The zero-order chi connectivity index (χ0) is 36.9. The highest BCUT2D eigenvalue weighted by Gasteiger charge is 2.78. The molecule has 0 amide bonds. The van der Waals surface area contributed by atoms with Crippen LogP contribution >= 0.6 is 22.2 Å². The summed E-state index contributed by atoms with van der Waals surface area (Å²) in [7, 11) is -7.14. The maximum absolute atomic E-state index is 9.35. The van der Waals surface area contributed by atoms with Gasteiger partial charge in [0.05, 0.1) is 0 Å². The van der Waals surface area contributed by atoms with Crippen molar-refractivity contribution in [1.29, 1.82) is 0 Å². The molecule has 0 aliphatic rings. The molecule has 0 fully saturated rings. The molecule has 0 radical (unpaired) electrons. The van der Waals surface area contributed by atoms with E-state index in [0.717, 1.165) is 0 Å². The van der Waals surface area contributed by atoms with Crippen LogP contribution in [0.2, 0.25) is 0 Å². The summed E-state index contributed by atoms with van der Waals surface area (Å²) in [5.74, 6) is 0. The van der Waals surface area contributed by atoms with E-state index in [2.05, 4.69) is 243 Å². The van der Waals surface area contributed by atoms with Gasteiger partial charge in [-0.2, -0.15) is 22.2 Å². The highest BCUT2D eigenvalue weighted by atomic mass is 35.6. The topological polar surface area (TPSA) is 0 Å². The van der Waals surface area contributed by atoms with Crippen LogP contribution in [0.3, 0.4) is 0 Å². The van der Waals surface area contributed by atoms with Gasteiger partial charge in [-0.15, -0.1) is 0 Å². The van der Waals surface area contributed by atoms with Gasteiger partial charge in [-0.1, -0.05) is 263 Å². The summed E-state index contributed by atoms with van der Waals surface area (Å²) >= 11 is 18.7. The van der Waals surface area contributed by atoms with E-state index in [4.69, 9.17) is 0 Å². The van der Waals surface area contributed by atoms with Gasteiger partial charge < -0.3 is 0 Å². The van der Waals surface area contributed by atoms with Crippen LogP contribution in [0, 0.1) is 0 Å². The van der Waals surface area contributed by atoms with E-state index in [0.29, 0.717) is 0 Å². The van der Waals surface area contributed by atoms with E-state index in [9.17, 15) is 22.2 Å². The highest BCUT2D eigenvalue weighted by Crippen LogP contribution is 2.39. The summed E-state index contributed by atoms with van der Waals surface area (Å²) in [5.41, 5.74) is 0. The zero-order valence-electron chi connectivity index (χ0n) is 29.8. The van der Waals surface area contributed by atoms with Crippen molar-refractivity contribution in [2.75, 3.05) is 0 Å². The molecule has 0 atom stereocenters. The summed E-state index contributed by atoms with van der Waals surface area (Å²) in [6, 6.07) is 89.7. The predicted octanol–water partition coefficient (Wildman–Crippen LogP) is 6.75. The Balaban J connectivity index is 1.78. The van der Waals surface area contributed by atoms with Crippen LogP contribution in [-0.4, -0.2) is 28.0 Å². The van der Waals surface area contributed by atoms with Crippen LogP contribution in [0.4, 0.5) is 0 Å². The fraction of sp³-hybridized carbons (Fsp3) is 0. The third-order valence-corrected chi connectivity index (χ3v) is 69.9. The van der Waals surface area contributed by atoms with Crippen molar-refractivity contribution in [1.82, 2.24) is 0 Å². The maximum atomic E-state index is 9.35. The van der Waals surface area contributed by atoms with Gasteiger partial charge in [0.25, 0.3) is 0 Å². The van der Waals surface area contributed by atoms with Gasteiger partial charge in [0.15, 0.2) is 0 Å². The van der Waals surface area contributed by atoms with Crippen molar-refractivity contribution in [2.24, 2.45) is 0 Å². The Morgan fingerprint density at radius 2 is 0.315 bits per heavy atom. The fourth-order valence-corrected chi connectivity index (χ4v) is 93.4. The molecule has 0 spiro atoms. The molecule has 0 nitrogen and oxygen atoms in total. The van der Waals surface area contributed by atoms with Gasteiger partial charge in [0.1, 0.15) is 14.2 Å². The van der Waals surface area contributed by atoms with Crippen LogP contribution in [0.15, 0.2) is 243 Å². The highest BCUT2D eigenvalue weighted by molar-refractivity contribution is 8.06. The lowest BCUT2D eigenvalue weighted by Gasteiger charge is -2.60. The van der Waals surface area contributed by atoms with Gasteiger partial charge in [0.2, 0.25) is 13.8 Å². The van der Waals surface area contributed by atoms with Crippen molar-refractivity contribution in [3.05, 3.63) is 243 Å². The van der Waals surface area contributed by atoms with E-state index < -0.39 is 28.0 Å². The molecule has 0 saturated carbocycles. The lowest BCUT2D eigenvalue weighted by Crippen LogP contribution is -3.05. The first kappa shape index (κ1) is 36.2. The standard InChI is InChI=1S/C48H40Cl2Si4/c49-51(41-25-9-1-10-26-41,42-27-11-2-12-28-42)53(45-33-17-5-18-34-45,46-35-19-6-20-36-46)54(47-37-21-7-22-38-47,48-39-23-8-24-40-48)52(50,43-29-13-3-14-30-43)44-31-15-4-16-32-44/h1-40H. The summed E-state index contributed by atoms with van der Waals surface area (Å²) in [6.07, 6.45) is 0. The third kappa shape index (κ3) is 5.60. The normalized spacial score (nSPS) is 12.3. The first-order valence-electron chi connectivity index (χ1n) is 18.4. The summed E-state index contributed by atoms with van der Waals surface area (Å²) in [4.78, 5) is 0. The molecule has 0 unspecified atom stereocenters. The van der Waals surface area contributed by atoms with Gasteiger partial charge in [-0.25, -0.2) is 0 Å². The lowest BCUT2D eigenvalue weighted by atomic mass is 10.4. The molecule has 8 rings (SSSR count). The maximum Gasteiger partial charge on any atom is 0.214 e. The van der Waals surface area contributed by atoms with Gasteiger partial charge in [0, 0.05) is 0 Å². The van der Waals surface area contributed by atoms with Crippen LogP contribution in [0.5, 0.6) is 0 Å². The molecule has 0 heterocycles. The molecule has 0 N–H and O–H groups in total. The summed E-state index contributed by atoms with van der Waals surface area (Å²) in [6.45, 7) is -7.03. The molecular formula is C48H40Cl2Si4. The molecular weight excluding hydrogens is 760 g/mol. The molecule has 262 valence electrons. The number of benzene rings is 8. The van der Waals surface area contributed by atoms with Crippen molar-refractivity contribution in [3.8, 4) is 0 Å². The molecule has 0 aliphatic heterocycles. The average molecular weight is 800 g/mol. The summed E-state index contributed by atoms with van der Waals surface area (Å²) in [5, 5.41) is 10.1. The third-order valence-electron chi connectivity index (χ3n) is 11.1. The Morgan fingerprint density at radius 3 is 0.463 bits per heavy atom. The Bertz CT molecular complexity index is 2050. The Labute approximate surface area is 332 Å². The second-order valence-electron chi connectivity index (χ2n) is 13.7. The van der Waals surface area contributed by atoms with E-state index >= 15 is 0 Å². The van der Waals surface area contributed by atoms with Crippen molar-refractivity contribution in [2.45, 2.75) is 0 Å². The first-order valence-corrected chi connectivity index (χ1v) is 31.4. The van der Waals surface area contributed by atoms with Gasteiger partial charge >= 0.3 is 0 Å². The number of hydrogen-bond donors (Lipinski definition) is 0. The van der Waals surface area contributed by atoms with Crippen molar-refractivity contribution in [3.63, 3.8) is 0 Å². The smallest absolute Gasteiger partial charge is 0.158 e. The lowest BCUT2D eigenvalue weighted by molar-refractivity contribution is 1.69. The minimum atomic E-state index is -3.57. The molecule has 0 aromatic heterocycles. The molecule has 6 heteroatoms. The predicted molar refractivity (Wildman–Crippen MR) is 243 cm³/mol. The number of hydrogen-bond acceptors (Lipinski definition) is 0. The largest absolute Gasteiger partial charge is 0.214 e. The molecule has 0 bridgehead atoms. The molecule has 0 aliphatic carbocycles. The van der Waals surface area contributed by atoms with E-state index in [1.807, 2.05) is 0 Å². The first-order chi connectivity index (χ1) is 26.6. The van der Waals surface area contributed by atoms with Crippen LogP contribution in [0.25, 0.3) is 0 Å². The SMILES string of the molecule is Cl[Si](c1ccccc1)(c1ccccc1)[Si](c1ccccc1)(c1ccccc1)[Si](c1ccccc1)(c1ccccc1)[Si](Cl)(c1ccccc1)c1ccccc1. The van der Waals surface area contributed by atoms with Crippen LogP contribution < -0.4 is 41.5 Å². The van der Waals surface area contributed by atoms with Crippen molar-refractivity contribution < 1.29 is 0 Å². The summed E-state index contributed by atoms with van der Waals surface area (Å²) < 4.78 is 0. The van der Waals surface area contributed by atoms with Crippen LogP contribution in [0.1, 0.15) is 0 Å². The van der Waals surface area contributed by atoms with Gasteiger partial charge in [-0.3, -0.25) is 0 Å². The Kier molecular flexibility index (Phi) is 10.4. The minimum Gasteiger partial charge on any atom is -0.158 e. The average Bonchev–Trinajstić information content (AvgIpc) is 3.27. The molecule has 8 aromatic carbocycles. The fourth-order valence-electron chi connectivity index (χ4n) is 9.13. The molecule has 0 saturated heterocycles. The molecule has 8 aromatic rings. The van der Waals surface area contributed by atoms with Gasteiger partial charge in [-0.05, 0) is 20.7 Å². The quantitative estimate of drug-likeness (QED) is 0.101. The second kappa shape index (κ2) is 15.5. The van der Waals surface area contributed by atoms with Crippen molar-refractivity contribution >= 4 is 91.7 Å². The molecule has 54 heavy (non-hydrogen) atoms. The second-order valence-corrected chi connectivity index (χ2v) is 45.8. The van der Waals surface area contributed by atoms with E-state index in [-0.39, 0.29) is 0 Å². The van der Waals surface area contributed by atoms with E-state index in [1.54, 1.807) is 0 Å². The Morgan fingerprint density at radius 1 is 0.185 bits per heavy atom. The van der Waals surface area contributed by atoms with Crippen LogP contribution in [-0.2, 0) is 0 Å². The van der Waals surface area contributed by atoms with E-state index in [1.165, 1.54) is 41.5 Å².